The first-order valence-corrected chi connectivity index (χ1v) is 8.76. The molecule has 1 saturated heterocycles. The molecular formula is C12H27N3O3S. The molecule has 0 radical (unpaired) electrons. The van der Waals surface area contributed by atoms with Crippen molar-refractivity contribution in [2.75, 3.05) is 65.8 Å². The third kappa shape index (κ3) is 7.22. The lowest BCUT2D eigenvalue weighted by Crippen LogP contribution is -2.48. The van der Waals surface area contributed by atoms with E-state index in [4.69, 9.17) is 4.74 Å². The van der Waals surface area contributed by atoms with Crippen LogP contribution in [0.2, 0.25) is 0 Å². The maximum atomic E-state index is 11.4. The Balaban J connectivity index is 2.01. The molecule has 1 aliphatic heterocycles. The van der Waals surface area contributed by atoms with Gasteiger partial charge in [0.2, 0.25) is 10.0 Å². The minimum atomic E-state index is -3.00. The number of hydrogen-bond acceptors (Lipinski definition) is 5. The Morgan fingerprint density at radius 1 is 1.11 bits per heavy atom. The molecule has 0 unspecified atom stereocenters. The van der Waals surface area contributed by atoms with Gasteiger partial charge in [-0.2, -0.15) is 4.31 Å². The Kier molecular flexibility index (Phi) is 7.86. The molecular weight excluding hydrogens is 266 g/mol. The molecule has 0 saturated carbocycles. The van der Waals surface area contributed by atoms with Gasteiger partial charge >= 0.3 is 0 Å². The number of hydrogen-bond donors (Lipinski definition) is 1. The first kappa shape index (κ1) is 16.8. The summed E-state index contributed by atoms with van der Waals surface area (Å²) in [7, 11) is -1.30. The van der Waals surface area contributed by atoms with Gasteiger partial charge in [-0.1, -0.05) is 0 Å². The van der Waals surface area contributed by atoms with Crippen LogP contribution in [0, 0.1) is 0 Å². The van der Waals surface area contributed by atoms with Crippen LogP contribution in [-0.4, -0.2) is 83.4 Å². The second-order valence-corrected chi connectivity index (χ2v) is 6.94. The van der Waals surface area contributed by atoms with Crippen LogP contribution in [0.3, 0.4) is 0 Å². The van der Waals surface area contributed by atoms with Gasteiger partial charge in [0.1, 0.15) is 0 Å². The summed E-state index contributed by atoms with van der Waals surface area (Å²) in [6, 6.07) is 0. The first-order chi connectivity index (χ1) is 9.04. The van der Waals surface area contributed by atoms with Crippen molar-refractivity contribution < 1.29 is 13.2 Å². The zero-order valence-electron chi connectivity index (χ0n) is 12.1. The molecule has 0 atom stereocenters. The summed E-state index contributed by atoms with van der Waals surface area (Å²) >= 11 is 0. The second-order valence-electron chi connectivity index (χ2n) is 4.95. The number of sulfonamides is 1. The highest BCUT2D eigenvalue weighted by atomic mass is 32.2. The first-order valence-electron chi connectivity index (χ1n) is 6.91. The Bertz CT molecular complexity index is 327. The van der Waals surface area contributed by atoms with Crippen molar-refractivity contribution in [1.82, 2.24) is 14.5 Å². The highest BCUT2D eigenvalue weighted by molar-refractivity contribution is 7.88. The molecule has 114 valence electrons. The van der Waals surface area contributed by atoms with Crippen LogP contribution in [0.5, 0.6) is 0 Å². The van der Waals surface area contributed by atoms with Crippen molar-refractivity contribution in [2.24, 2.45) is 0 Å². The number of piperazine rings is 1. The lowest BCUT2D eigenvalue weighted by atomic mass is 10.2. The summed E-state index contributed by atoms with van der Waals surface area (Å²) < 4.78 is 29.3. The lowest BCUT2D eigenvalue weighted by Gasteiger charge is -2.33. The van der Waals surface area contributed by atoms with Crippen LogP contribution >= 0.6 is 0 Å². The monoisotopic (exact) mass is 293 g/mol. The SMILES string of the molecule is COCCNCCCCN1CCN(S(C)(=O)=O)CC1. The maximum Gasteiger partial charge on any atom is 0.211 e. The van der Waals surface area contributed by atoms with Crippen molar-refractivity contribution >= 4 is 10.0 Å². The fraction of sp³-hybridized carbons (Fsp3) is 1.00. The number of ether oxygens (including phenoxy) is 1. The minimum Gasteiger partial charge on any atom is -0.383 e. The average Bonchev–Trinajstić information content (AvgIpc) is 2.37. The minimum absolute atomic E-state index is 0.630. The molecule has 1 heterocycles. The van der Waals surface area contributed by atoms with E-state index < -0.39 is 10.0 Å². The van der Waals surface area contributed by atoms with Crippen molar-refractivity contribution in [3.05, 3.63) is 0 Å². The molecule has 1 aliphatic rings. The van der Waals surface area contributed by atoms with E-state index in [2.05, 4.69) is 10.2 Å². The predicted molar refractivity (Wildman–Crippen MR) is 76.8 cm³/mol. The van der Waals surface area contributed by atoms with Crippen molar-refractivity contribution in [3.8, 4) is 0 Å². The Hall–Kier alpha value is -0.210. The van der Waals surface area contributed by atoms with Crippen molar-refractivity contribution in [1.29, 1.82) is 0 Å². The van der Waals surface area contributed by atoms with Gasteiger partial charge in [0.25, 0.3) is 0 Å². The molecule has 19 heavy (non-hydrogen) atoms. The van der Waals surface area contributed by atoms with Gasteiger partial charge in [0, 0.05) is 39.8 Å². The van der Waals surface area contributed by atoms with E-state index in [1.165, 1.54) is 6.26 Å². The lowest BCUT2D eigenvalue weighted by molar-refractivity contribution is 0.185. The molecule has 1 N–H and O–H groups in total. The molecule has 0 bridgehead atoms. The van der Waals surface area contributed by atoms with Crippen LogP contribution in [0.15, 0.2) is 0 Å². The molecule has 0 amide bonds. The van der Waals surface area contributed by atoms with E-state index in [0.717, 1.165) is 52.2 Å². The van der Waals surface area contributed by atoms with Crippen molar-refractivity contribution in [2.45, 2.75) is 12.8 Å². The van der Waals surface area contributed by atoms with Gasteiger partial charge in [-0.25, -0.2) is 8.42 Å². The third-order valence-electron chi connectivity index (χ3n) is 3.36. The fourth-order valence-corrected chi connectivity index (χ4v) is 3.00. The van der Waals surface area contributed by atoms with Crippen LogP contribution in [0.4, 0.5) is 0 Å². The molecule has 7 heteroatoms. The van der Waals surface area contributed by atoms with E-state index in [0.29, 0.717) is 13.1 Å². The number of rotatable bonds is 9. The zero-order valence-corrected chi connectivity index (χ0v) is 12.9. The normalized spacial score (nSPS) is 18.8. The Morgan fingerprint density at radius 2 is 1.79 bits per heavy atom. The van der Waals surface area contributed by atoms with E-state index >= 15 is 0 Å². The smallest absolute Gasteiger partial charge is 0.211 e. The maximum absolute atomic E-state index is 11.4. The topological polar surface area (TPSA) is 61.9 Å². The van der Waals surface area contributed by atoms with Crippen LogP contribution in [0.1, 0.15) is 12.8 Å². The molecule has 1 fully saturated rings. The van der Waals surface area contributed by atoms with Gasteiger partial charge in [-0.3, -0.25) is 0 Å². The Morgan fingerprint density at radius 3 is 2.37 bits per heavy atom. The second kappa shape index (κ2) is 8.86. The van der Waals surface area contributed by atoms with Gasteiger partial charge < -0.3 is 15.0 Å². The summed E-state index contributed by atoms with van der Waals surface area (Å²) in [5, 5.41) is 3.32. The summed E-state index contributed by atoms with van der Waals surface area (Å²) in [4.78, 5) is 2.34. The van der Waals surface area contributed by atoms with E-state index in [-0.39, 0.29) is 0 Å². The molecule has 0 spiro atoms. The van der Waals surface area contributed by atoms with Gasteiger partial charge in [0.15, 0.2) is 0 Å². The van der Waals surface area contributed by atoms with E-state index in [1.54, 1.807) is 11.4 Å². The number of unbranched alkanes of at least 4 members (excludes halogenated alkanes) is 1. The summed E-state index contributed by atoms with van der Waals surface area (Å²) in [6.45, 7) is 6.71. The van der Waals surface area contributed by atoms with Crippen molar-refractivity contribution in [3.63, 3.8) is 0 Å². The fourth-order valence-electron chi connectivity index (χ4n) is 2.17. The number of nitrogens with one attached hydrogen (secondary N) is 1. The van der Waals surface area contributed by atoms with Gasteiger partial charge in [0.05, 0.1) is 12.9 Å². The highest BCUT2D eigenvalue weighted by Crippen LogP contribution is 2.06. The molecule has 6 nitrogen and oxygen atoms in total. The van der Waals surface area contributed by atoms with Gasteiger partial charge in [-0.05, 0) is 25.9 Å². The molecule has 0 aromatic carbocycles. The van der Waals surface area contributed by atoms with E-state index in [9.17, 15) is 8.42 Å². The molecule has 0 aromatic rings. The highest BCUT2D eigenvalue weighted by Gasteiger charge is 2.22. The third-order valence-corrected chi connectivity index (χ3v) is 4.66. The predicted octanol–water partition coefficient (Wildman–Crippen LogP) is -0.420. The molecule has 0 aliphatic carbocycles. The molecule has 0 aromatic heterocycles. The summed E-state index contributed by atoms with van der Waals surface area (Å²) in [5.74, 6) is 0. The summed E-state index contributed by atoms with van der Waals surface area (Å²) in [5.41, 5.74) is 0. The number of nitrogens with zero attached hydrogens (tertiary/aromatic N) is 2. The number of methoxy groups -OCH3 is 1. The van der Waals surface area contributed by atoms with Crippen LogP contribution < -0.4 is 5.32 Å². The zero-order chi connectivity index (χ0) is 14.1. The largest absolute Gasteiger partial charge is 0.383 e. The van der Waals surface area contributed by atoms with Crippen LogP contribution in [0.25, 0.3) is 0 Å². The summed E-state index contributed by atoms with van der Waals surface area (Å²) in [6.07, 6.45) is 3.59. The van der Waals surface area contributed by atoms with Gasteiger partial charge in [-0.15, -0.1) is 0 Å². The van der Waals surface area contributed by atoms with E-state index in [1.807, 2.05) is 0 Å². The standard InChI is InChI=1S/C12H27N3O3S/c1-18-12-6-13-5-3-4-7-14-8-10-15(11-9-14)19(2,16)17/h13H,3-12H2,1-2H3. The Labute approximate surface area is 117 Å². The average molecular weight is 293 g/mol. The van der Waals surface area contributed by atoms with Crippen LogP contribution in [-0.2, 0) is 14.8 Å². The molecule has 1 rings (SSSR count). The quantitative estimate of drug-likeness (QED) is 0.585.